The quantitative estimate of drug-likeness (QED) is 0.256. The summed E-state index contributed by atoms with van der Waals surface area (Å²) in [6, 6.07) is 0. The van der Waals surface area contributed by atoms with Crippen LogP contribution in [0.25, 0.3) is 0 Å². The lowest BCUT2D eigenvalue weighted by Gasteiger charge is -2.07. The Morgan fingerprint density at radius 3 is 1.62 bits per heavy atom. The summed E-state index contributed by atoms with van der Waals surface area (Å²) in [6.45, 7) is 7.31. The van der Waals surface area contributed by atoms with Gasteiger partial charge >= 0.3 is 0 Å². The highest BCUT2D eigenvalue weighted by Gasteiger charge is 1.96. The standard InChI is InChI=1S/C10H20I2O4/c1-2-13-3-4-14-5-6-15-7-8-16-9-10(11)12/h10H,2-9H2,1H3. The van der Waals surface area contributed by atoms with Gasteiger partial charge in [-0.3, -0.25) is 0 Å². The van der Waals surface area contributed by atoms with Crippen LogP contribution in [0, 0.1) is 0 Å². The summed E-state index contributed by atoms with van der Waals surface area (Å²) >= 11 is 4.64. The van der Waals surface area contributed by atoms with Crippen molar-refractivity contribution in [1.82, 2.24) is 0 Å². The molecule has 0 aliphatic heterocycles. The average molecular weight is 458 g/mol. The Bertz CT molecular complexity index is 136. The fraction of sp³-hybridized carbons (Fsp3) is 1.00. The molecular formula is C10H20I2O4. The van der Waals surface area contributed by atoms with Gasteiger partial charge in [0.25, 0.3) is 0 Å². The first-order valence-electron chi connectivity index (χ1n) is 5.36. The van der Waals surface area contributed by atoms with Crippen LogP contribution >= 0.6 is 45.2 Å². The van der Waals surface area contributed by atoms with E-state index in [4.69, 9.17) is 18.9 Å². The third-order valence-corrected chi connectivity index (χ3v) is 2.28. The molecule has 0 rings (SSSR count). The smallest absolute Gasteiger partial charge is 0.0859 e. The molecule has 16 heavy (non-hydrogen) atoms. The van der Waals surface area contributed by atoms with Crippen LogP contribution in [0.3, 0.4) is 0 Å². The van der Waals surface area contributed by atoms with E-state index in [0.29, 0.717) is 41.6 Å². The number of hydrogen-bond donors (Lipinski definition) is 0. The van der Waals surface area contributed by atoms with E-state index in [0.717, 1.165) is 13.2 Å². The normalized spacial score (nSPS) is 11.2. The SMILES string of the molecule is CCOCCOCCOCCOCC(I)I. The van der Waals surface area contributed by atoms with Gasteiger partial charge in [-0.25, -0.2) is 0 Å². The van der Waals surface area contributed by atoms with Crippen molar-refractivity contribution >= 4 is 45.2 Å². The maximum absolute atomic E-state index is 5.35. The lowest BCUT2D eigenvalue weighted by atomic mass is 10.7. The predicted octanol–water partition coefficient (Wildman–Crippen LogP) is 2.27. The van der Waals surface area contributed by atoms with Gasteiger partial charge in [0.05, 0.1) is 48.2 Å². The molecule has 4 nitrogen and oxygen atoms in total. The number of halogens is 2. The minimum Gasteiger partial charge on any atom is -0.379 e. The molecular weight excluding hydrogens is 438 g/mol. The van der Waals surface area contributed by atoms with Crippen molar-refractivity contribution in [2.45, 2.75) is 8.86 Å². The summed E-state index contributed by atoms with van der Waals surface area (Å²) in [6.07, 6.45) is 0. The summed E-state index contributed by atoms with van der Waals surface area (Å²) in [5, 5.41) is 0. The third kappa shape index (κ3) is 15.3. The van der Waals surface area contributed by atoms with E-state index in [2.05, 4.69) is 45.2 Å². The molecule has 0 amide bonds. The molecule has 0 aromatic heterocycles. The van der Waals surface area contributed by atoms with Crippen LogP contribution < -0.4 is 0 Å². The van der Waals surface area contributed by atoms with Crippen molar-refractivity contribution in [3.8, 4) is 0 Å². The highest BCUT2D eigenvalue weighted by molar-refractivity contribution is 14.2. The summed E-state index contributed by atoms with van der Waals surface area (Å²) in [5.74, 6) is 0. The molecule has 6 heteroatoms. The van der Waals surface area contributed by atoms with Gasteiger partial charge in [0.15, 0.2) is 0 Å². The molecule has 0 radical (unpaired) electrons. The molecule has 0 aliphatic carbocycles. The van der Waals surface area contributed by atoms with Crippen molar-refractivity contribution in [2.75, 3.05) is 52.9 Å². The second kappa shape index (κ2) is 14.4. The van der Waals surface area contributed by atoms with E-state index in [1.54, 1.807) is 0 Å². The number of alkyl halides is 2. The van der Waals surface area contributed by atoms with E-state index < -0.39 is 0 Å². The third-order valence-electron chi connectivity index (χ3n) is 1.56. The van der Waals surface area contributed by atoms with E-state index in [1.807, 2.05) is 6.92 Å². The molecule has 0 saturated carbocycles. The van der Waals surface area contributed by atoms with Gasteiger partial charge in [0.1, 0.15) is 0 Å². The summed E-state index contributed by atoms with van der Waals surface area (Å²) in [5.41, 5.74) is 0. The van der Waals surface area contributed by atoms with Crippen LogP contribution in [0.5, 0.6) is 0 Å². The van der Waals surface area contributed by atoms with Crippen molar-refractivity contribution in [1.29, 1.82) is 0 Å². The topological polar surface area (TPSA) is 36.9 Å². The lowest BCUT2D eigenvalue weighted by molar-refractivity contribution is 0.00114. The average Bonchev–Trinajstić information content (AvgIpc) is 2.25. The summed E-state index contributed by atoms with van der Waals surface area (Å²) < 4.78 is 21.6. The van der Waals surface area contributed by atoms with E-state index >= 15 is 0 Å². The highest BCUT2D eigenvalue weighted by Crippen LogP contribution is 2.08. The van der Waals surface area contributed by atoms with Gasteiger partial charge in [-0.2, -0.15) is 0 Å². The molecule has 0 aliphatic rings. The Labute approximate surface area is 125 Å². The molecule has 0 unspecified atom stereocenters. The minimum atomic E-state index is 0.525. The first-order valence-corrected chi connectivity index (χ1v) is 7.85. The van der Waals surface area contributed by atoms with E-state index in [-0.39, 0.29) is 0 Å². The summed E-state index contributed by atoms with van der Waals surface area (Å²) in [7, 11) is 0. The number of ether oxygens (including phenoxy) is 4. The van der Waals surface area contributed by atoms with Crippen LogP contribution in [0.15, 0.2) is 0 Å². The zero-order valence-electron chi connectivity index (χ0n) is 9.62. The van der Waals surface area contributed by atoms with Gasteiger partial charge in [-0.1, -0.05) is 45.2 Å². The van der Waals surface area contributed by atoms with Gasteiger partial charge in [-0.15, -0.1) is 0 Å². The number of rotatable bonds is 12. The second-order valence-electron chi connectivity index (χ2n) is 2.89. The molecule has 0 bridgehead atoms. The van der Waals surface area contributed by atoms with Crippen LogP contribution in [0.1, 0.15) is 6.92 Å². The molecule has 98 valence electrons. The predicted molar refractivity (Wildman–Crippen MR) is 80.8 cm³/mol. The molecule has 0 saturated heterocycles. The number of hydrogen-bond acceptors (Lipinski definition) is 4. The largest absolute Gasteiger partial charge is 0.379 e. The van der Waals surface area contributed by atoms with Crippen molar-refractivity contribution < 1.29 is 18.9 Å². The van der Waals surface area contributed by atoms with E-state index in [1.165, 1.54) is 0 Å². The maximum Gasteiger partial charge on any atom is 0.0859 e. The highest BCUT2D eigenvalue weighted by atomic mass is 127. The van der Waals surface area contributed by atoms with Crippen LogP contribution in [0.2, 0.25) is 0 Å². The fourth-order valence-corrected chi connectivity index (χ4v) is 1.38. The van der Waals surface area contributed by atoms with E-state index in [9.17, 15) is 0 Å². The van der Waals surface area contributed by atoms with Crippen LogP contribution in [0.4, 0.5) is 0 Å². The Hall–Kier alpha value is 1.30. The second-order valence-corrected chi connectivity index (χ2v) is 8.28. The Balaban J connectivity index is 2.88. The maximum atomic E-state index is 5.35. The molecule has 0 atom stereocenters. The monoisotopic (exact) mass is 458 g/mol. The molecule has 0 heterocycles. The van der Waals surface area contributed by atoms with Gasteiger partial charge in [0, 0.05) is 6.61 Å². The van der Waals surface area contributed by atoms with Crippen LogP contribution in [-0.4, -0.2) is 54.8 Å². The van der Waals surface area contributed by atoms with Crippen molar-refractivity contribution in [2.24, 2.45) is 0 Å². The zero-order valence-corrected chi connectivity index (χ0v) is 13.9. The van der Waals surface area contributed by atoms with Gasteiger partial charge in [-0.05, 0) is 6.92 Å². The van der Waals surface area contributed by atoms with Crippen molar-refractivity contribution in [3.63, 3.8) is 0 Å². The molecule has 0 aromatic carbocycles. The Kier molecular flexibility index (Phi) is 15.5. The lowest BCUT2D eigenvalue weighted by Crippen LogP contribution is -2.12. The Morgan fingerprint density at radius 1 is 0.750 bits per heavy atom. The molecule has 0 fully saturated rings. The molecule has 0 spiro atoms. The first kappa shape index (κ1) is 17.3. The summed E-state index contributed by atoms with van der Waals surface area (Å²) in [4.78, 5) is 0. The van der Waals surface area contributed by atoms with Gasteiger partial charge < -0.3 is 18.9 Å². The van der Waals surface area contributed by atoms with Crippen LogP contribution in [-0.2, 0) is 18.9 Å². The van der Waals surface area contributed by atoms with Gasteiger partial charge in [0.2, 0.25) is 0 Å². The first-order chi connectivity index (χ1) is 7.77. The fourth-order valence-electron chi connectivity index (χ4n) is 0.874. The zero-order chi connectivity index (χ0) is 12.1. The molecule has 0 aromatic rings. The molecule has 0 N–H and O–H groups in total. The Morgan fingerprint density at radius 2 is 1.19 bits per heavy atom. The minimum absolute atomic E-state index is 0.525. The van der Waals surface area contributed by atoms with Crippen molar-refractivity contribution in [3.05, 3.63) is 0 Å².